The van der Waals surface area contributed by atoms with E-state index < -0.39 is 28.5 Å². The Morgan fingerprint density at radius 1 is 0.907 bits per heavy atom. The van der Waals surface area contributed by atoms with Gasteiger partial charge in [0.2, 0.25) is 11.8 Å². The number of anilines is 1. The minimum Gasteiger partial charge on any atom is -0.493 e. The number of sulfonamides is 1. The Hall–Kier alpha value is -4.05. The van der Waals surface area contributed by atoms with E-state index in [0.29, 0.717) is 24.4 Å². The van der Waals surface area contributed by atoms with E-state index in [2.05, 4.69) is 5.32 Å². The molecule has 0 aliphatic carbocycles. The fourth-order valence-corrected chi connectivity index (χ4v) is 6.09. The van der Waals surface area contributed by atoms with E-state index in [1.54, 1.807) is 24.3 Å². The van der Waals surface area contributed by atoms with E-state index in [4.69, 9.17) is 9.47 Å². The number of ether oxygens (including phenoxy) is 2. The topological polar surface area (TPSA) is 105 Å². The molecule has 0 bridgehead atoms. The van der Waals surface area contributed by atoms with E-state index in [0.717, 1.165) is 21.0 Å². The van der Waals surface area contributed by atoms with Gasteiger partial charge in [-0.2, -0.15) is 0 Å². The summed E-state index contributed by atoms with van der Waals surface area (Å²) in [6.45, 7) is 9.77. The number of carbonyl (C=O) groups excluding carboxylic acids is 2. The van der Waals surface area contributed by atoms with Crippen LogP contribution in [-0.4, -0.2) is 58.5 Å². The Morgan fingerprint density at radius 2 is 1.56 bits per heavy atom. The van der Waals surface area contributed by atoms with Gasteiger partial charge in [0, 0.05) is 19.2 Å². The average molecular weight is 610 g/mol. The average Bonchev–Trinajstić information content (AvgIpc) is 2.99. The number of hydrogen-bond donors (Lipinski definition) is 1. The zero-order valence-corrected chi connectivity index (χ0v) is 26.9. The third kappa shape index (κ3) is 8.28. The van der Waals surface area contributed by atoms with Gasteiger partial charge in [-0.15, -0.1) is 0 Å². The number of aryl methyl sites for hydroxylation is 2. The Kier molecular flexibility index (Phi) is 11.6. The molecule has 0 spiro atoms. The summed E-state index contributed by atoms with van der Waals surface area (Å²) in [5.41, 5.74) is 3.09. The van der Waals surface area contributed by atoms with Gasteiger partial charge in [-0.1, -0.05) is 62.7 Å². The number of rotatable bonds is 14. The van der Waals surface area contributed by atoms with Crippen LogP contribution in [0.2, 0.25) is 0 Å². The molecular formula is C33H43N3O6S. The molecular weight excluding hydrogens is 566 g/mol. The third-order valence-corrected chi connectivity index (χ3v) is 8.99. The quantitative estimate of drug-likeness (QED) is 0.273. The molecule has 43 heavy (non-hydrogen) atoms. The standard InChI is InChI=1S/C33H43N3O6S/c1-8-29(33(38)34-20-23(2)3)35(21-26-12-10-9-11-25(26)5)32(37)22-36(27-15-13-24(4)14-16-27)43(39,40)28-17-18-30(41-6)31(19-28)42-7/h9-19,23,29H,8,20-22H2,1-7H3,(H,34,38). The predicted molar refractivity (Wildman–Crippen MR) is 169 cm³/mol. The fourth-order valence-electron chi connectivity index (χ4n) is 4.66. The monoisotopic (exact) mass is 609 g/mol. The summed E-state index contributed by atoms with van der Waals surface area (Å²) in [7, 11) is -1.37. The van der Waals surface area contributed by atoms with Crippen molar-refractivity contribution in [3.8, 4) is 11.5 Å². The Labute approximate surface area is 255 Å². The summed E-state index contributed by atoms with van der Waals surface area (Å²) in [6, 6.07) is 18.1. The second-order valence-corrected chi connectivity index (χ2v) is 12.7. The molecule has 0 heterocycles. The number of benzene rings is 3. The van der Waals surface area contributed by atoms with Gasteiger partial charge in [-0.3, -0.25) is 13.9 Å². The summed E-state index contributed by atoms with van der Waals surface area (Å²) in [6.07, 6.45) is 0.356. The van der Waals surface area contributed by atoms with Crippen LogP contribution in [0.5, 0.6) is 11.5 Å². The van der Waals surface area contributed by atoms with Crippen molar-refractivity contribution in [3.05, 3.63) is 83.4 Å². The summed E-state index contributed by atoms with van der Waals surface area (Å²) >= 11 is 0. The van der Waals surface area contributed by atoms with Crippen molar-refractivity contribution < 1.29 is 27.5 Å². The smallest absolute Gasteiger partial charge is 0.264 e. The normalized spacial score (nSPS) is 12.0. The molecule has 1 atom stereocenters. The van der Waals surface area contributed by atoms with Crippen LogP contribution in [0.25, 0.3) is 0 Å². The van der Waals surface area contributed by atoms with Crippen molar-refractivity contribution in [1.29, 1.82) is 0 Å². The van der Waals surface area contributed by atoms with Gasteiger partial charge in [-0.25, -0.2) is 8.42 Å². The second kappa shape index (κ2) is 14.9. The minimum absolute atomic E-state index is 0.0642. The molecule has 0 aromatic heterocycles. The molecule has 3 aromatic rings. The molecule has 1 N–H and O–H groups in total. The molecule has 10 heteroatoms. The maximum Gasteiger partial charge on any atom is 0.264 e. The van der Waals surface area contributed by atoms with Crippen LogP contribution in [0.4, 0.5) is 5.69 Å². The van der Waals surface area contributed by atoms with Crippen LogP contribution in [0.15, 0.2) is 71.6 Å². The van der Waals surface area contributed by atoms with Crippen LogP contribution in [0, 0.1) is 19.8 Å². The van der Waals surface area contributed by atoms with Gasteiger partial charge in [0.05, 0.1) is 24.8 Å². The van der Waals surface area contributed by atoms with Gasteiger partial charge in [0.15, 0.2) is 11.5 Å². The van der Waals surface area contributed by atoms with Crippen LogP contribution >= 0.6 is 0 Å². The highest BCUT2D eigenvalue weighted by molar-refractivity contribution is 7.92. The van der Waals surface area contributed by atoms with Gasteiger partial charge in [0.25, 0.3) is 10.0 Å². The van der Waals surface area contributed by atoms with Crippen molar-refractivity contribution in [2.45, 2.75) is 58.5 Å². The van der Waals surface area contributed by atoms with Crippen LogP contribution < -0.4 is 19.1 Å². The Morgan fingerprint density at radius 3 is 2.14 bits per heavy atom. The van der Waals surface area contributed by atoms with Crippen LogP contribution in [0.3, 0.4) is 0 Å². The molecule has 2 amide bonds. The first-order valence-electron chi connectivity index (χ1n) is 14.4. The van der Waals surface area contributed by atoms with Crippen LogP contribution in [0.1, 0.15) is 43.9 Å². The first-order chi connectivity index (χ1) is 20.4. The lowest BCUT2D eigenvalue weighted by Crippen LogP contribution is -2.52. The molecule has 0 aliphatic heterocycles. The highest BCUT2D eigenvalue weighted by atomic mass is 32.2. The zero-order valence-electron chi connectivity index (χ0n) is 26.1. The molecule has 0 fully saturated rings. The molecule has 1 unspecified atom stereocenters. The fraction of sp³-hybridized carbons (Fsp3) is 0.394. The molecule has 0 radical (unpaired) electrons. The lowest BCUT2D eigenvalue weighted by Gasteiger charge is -2.33. The zero-order chi connectivity index (χ0) is 31.7. The van der Waals surface area contributed by atoms with Gasteiger partial charge >= 0.3 is 0 Å². The SMILES string of the molecule is CCC(C(=O)NCC(C)C)N(Cc1ccccc1C)C(=O)CN(c1ccc(C)cc1)S(=O)(=O)c1ccc(OC)c(OC)c1. The molecule has 3 rings (SSSR count). The Bertz CT molecular complexity index is 1510. The number of methoxy groups -OCH3 is 2. The maximum atomic E-state index is 14.2. The Balaban J connectivity index is 2.09. The number of hydrogen-bond acceptors (Lipinski definition) is 6. The van der Waals surface area contributed by atoms with Crippen molar-refractivity contribution in [2.24, 2.45) is 5.92 Å². The number of nitrogens with zero attached hydrogens (tertiary/aromatic N) is 2. The molecule has 3 aromatic carbocycles. The van der Waals surface area contributed by atoms with Crippen molar-refractivity contribution in [3.63, 3.8) is 0 Å². The van der Waals surface area contributed by atoms with E-state index in [9.17, 15) is 18.0 Å². The van der Waals surface area contributed by atoms with E-state index >= 15 is 0 Å². The summed E-state index contributed by atoms with van der Waals surface area (Å²) < 4.78 is 40.1. The molecule has 0 saturated heterocycles. The van der Waals surface area contributed by atoms with Crippen molar-refractivity contribution in [1.82, 2.24) is 10.2 Å². The van der Waals surface area contributed by atoms with E-state index in [-0.39, 0.29) is 29.0 Å². The van der Waals surface area contributed by atoms with Gasteiger partial charge in [-0.05, 0) is 61.6 Å². The lowest BCUT2D eigenvalue weighted by atomic mass is 10.1. The second-order valence-electron chi connectivity index (χ2n) is 10.9. The van der Waals surface area contributed by atoms with E-state index in [1.807, 2.05) is 58.9 Å². The maximum absolute atomic E-state index is 14.2. The summed E-state index contributed by atoms with van der Waals surface area (Å²) in [5, 5.41) is 2.95. The van der Waals surface area contributed by atoms with E-state index in [1.165, 1.54) is 37.3 Å². The molecule has 232 valence electrons. The molecule has 0 aliphatic rings. The predicted octanol–water partition coefficient (Wildman–Crippen LogP) is 5.10. The van der Waals surface area contributed by atoms with Crippen molar-refractivity contribution >= 4 is 27.5 Å². The van der Waals surface area contributed by atoms with Gasteiger partial charge in [0.1, 0.15) is 12.6 Å². The number of carbonyl (C=O) groups is 2. The minimum atomic E-state index is -4.26. The first-order valence-corrected chi connectivity index (χ1v) is 15.8. The highest BCUT2D eigenvalue weighted by Gasteiger charge is 2.34. The van der Waals surface area contributed by atoms with Crippen molar-refractivity contribution in [2.75, 3.05) is 31.6 Å². The van der Waals surface area contributed by atoms with Crippen LogP contribution in [-0.2, 0) is 26.2 Å². The lowest BCUT2D eigenvalue weighted by molar-refractivity contribution is -0.140. The number of amides is 2. The highest BCUT2D eigenvalue weighted by Crippen LogP contribution is 2.32. The summed E-state index contributed by atoms with van der Waals surface area (Å²) in [5.74, 6) is 0.0719. The third-order valence-electron chi connectivity index (χ3n) is 7.22. The first kappa shape index (κ1) is 33.5. The molecule has 9 nitrogen and oxygen atoms in total. The summed E-state index contributed by atoms with van der Waals surface area (Å²) in [4.78, 5) is 29.1. The van der Waals surface area contributed by atoms with Gasteiger partial charge < -0.3 is 19.7 Å². The largest absolute Gasteiger partial charge is 0.493 e. The number of nitrogens with one attached hydrogen (secondary N) is 1. The molecule has 0 saturated carbocycles.